The molecule has 2 amide bonds. The lowest BCUT2D eigenvalue weighted by Gasteiger charge is -2.27. The highest BCUT2D eigenvalue weighted by atomic mass is 19.4. The topological polar surface area (TPSA) is 58.4 Å². The molecule has 1 aliphatic rings. The van der Waals surface area contributed by atoms with Crippen LogP contribution in [0, 0.1) is 0 Å². The van der Waals surface area contributed by atoms with Crippen molar-refractivity contribution in [2.45, 2.75) is 33.1 Å². The van der Waals surface area contributed by atoms with Gasteiger partial charge in [-0.3, -0.25) is 14.3 Å². The molecule has 0 bridgehead atoms. The third-order valence-electron chi connectivity index (χ3n) is 4.77. The Balaban J connectivity index is 1.79. The van der Waals surface area contributed by atoms with Gasteiger partial charge >= 0.3 is 6.18 Å². The van der Waals surface area contributed by atoms with Gasteiger partial charge in [-0.25, -0.2) is 0 Å². The Labute approximate surface area is 160 Å². The average Bonchev–Trinajstić information content (AvgIpc) is 3.10. The van der Waals surface area contributed by atoms with Gasteiger partial charge in [-0.15, -0.1) is 0 Å². The van der Waals surface area contributed by atoms with Crippen molar-refractivity contribution < 1.29 is 22.8 Å². The SMILES string of the molecule is CCN(CC)C(=O)c1cc2n(n1)CCN(Cc1cccc(C(F)(F)F)c1)C2=O. The summed E-state index contributed by atoms with van der Waals surface area (Å²) in [5.74, 6) is -0.598. The predicted octanol–water partition coefficient (Wildman–Crippen LogP) is 3.04. The summed E-state index contributed by atoms with van der Waals surface area (Å²) in [4.78, 5) is 28.3. The summed E-state index contributed by atoms with van der Waals surface area (Å²) in [6.07, 6.45) is -4.43. The first kappa shape index (κ1) is 19.9. The van der Waals surface area contributed by atoms with Gasteiger partial charge in [-0.2, -0.15) is 18.3 Å². The number of hydrogen-bond donors (Lipinski definition) is 0. The highest BCUT2D eigenvalue weighted by Crippen LogP contribution is 2.30. The van der Waals surface area contributed by atoms with Crippen molar-refractivity contribution in [2.75, 3.05) is 19.6 Å². The van der Waals surface area contributed by atoms with Gasteiger partial charge in [0.2, 0.25) is 0 Å². The van der Waals surface area contributed by atoms with Crippen molar-refractivity contribution in [3.8, 4) is 0 Å². The van der Waals surface area contributed by atoms with Crippen LogP contribution in [0.2, 0.25) is 0 Å². The number of carbonyl (C=O) groups is 2. The van der Waals surface area contributed by atoms with Gasteiger partial charge in [-0.05, 0) is 31.5 Å². The molecule has 28 heavy (non-hydrogen) atoms. The first-order valence-corrected chi connectivity index (χ1v) is 9.07. The fraction of sp³-hybridized carbons (Fsp3) is 0.421. The lowest BCUT2D eigenvalue weighted by molar-refractivity contribution is -0.137. The molecule has 0 aliphatic carbocycles. The Kier molecular flexibility index (Phi) is 5.44. The van der Waals surface area contributed by atoms with E-state index in [0.717, 1.165) is 12.1 Å². The van der Waals surface area contributed by atoms with Crippen molar-refractivity contribution in [2.24, 2.45) is 0 Å². The van der Waals surface area contributed by atoms with E-state index in [1.165, 1.54) is 21.7 Å². The second-order valence-corrected chi connectivity index (χ2v) is 6.54. The maximum Gasteiger partial charge on any atom is 0.416 e. The zero-order valence-corrected chi connectivity index (χ0v) is 15.7. The van der Waals surface area contributed by atoms with E-state index < -0.39 is 11.7 Å². The molecule has 2 heterocycles. The van der Waals surface area contributed by atoms with Crippen molar-refractivity contribution in [3.05, 3.63) is 52.8 Å². The standard InChI is InChI=1S/C19H21F3N4O2/c1-3-24(4-2)17(27)15-11-16-18(28)25(8-9-26(16)23-15)12-13-6-5-7-14(10-13)19(20,21)22/h5-7,10-11H,3-4,8-9,12H2,1-2H3. The van der Waals surface area contributed by atoms with Crippen LogP contribution in [0.15, 0.2) is 30.3 Å². The smallest absolute Gasteiger partial charge is 0.338 e. The number of amides is 2. The number of hydrogen-bond acceptors (Lipinski definition) is 3. The fourth-order valence-corrected chi connectivity index (χ4v) is 3.23. The second kappa shape index (κ2) is 7.65. The molecule has 0 N–H and O–H groups in total. The lowest BCUT2D eigenvalue weighted by Crippen LogP contribution is -2.39. The molecule has 0 atom stereocenters. The molecule has 1 aromatic heterocycles. The van der Waals surface area contributed by atoms with Crippen molar-refractivity contribution >= 4 is 11.8 Å². The zero-order valence-electron chi connectivity index (χ0n) is 15.7. The van der Waals surface area contributed by atoms with E-state index >= 15 is 0 Å². The number of nitrogens with zero attached hydrogens (tertiary/aromatic N) is 4. The van der Waals surface area contributed by atoms with Crippen LogP contribution in [0.4, 0.5) is 13.2 Å². The minimum Gasteiger partial charge on any atom is -0.338 e. The first-order chi connectivity index (χ1) is 13.2. The summed E-state index contributed by atoms with van der Waals surface area (Å²) in [6, 6.07) is 6.40. The molecule has 3 rings (SSSR count). The molecule has 0 unspecified atom stereocenters. The maximum absolute atomic E-state index is 12.9. The zero-order chi connectivity index (χ0) is 20.5. The molecule has 9 heteroatoms. The van der Waals surface area contributed by atoms with Crippen LogP contribution < -0.4 is 0 Å². The molecule has 0 spiro atoms. The average molecular weight is 394 g/mol. The number of aromatic nitrogens is 2. The van der Waals surface area contributed by atoms with Gasteiger partial charge < -0.3 is 9.80 Å². The van der Waals surface area contributed by atoms with Crippen LogP contribution in [0.3, 0.4) is 0 Å². The molecular formula is C19H21F3N4O2. The van der Waals surface area contributed by atoms with E-state index in [4.69, 9.17) is 0 Å². The monoisotopic (exact) mass is 394 g/mol. The number of halogens is 3. The Morgan fingerprint density at radius 2 is 1.89 bits per heavy atom. The van der Waals surface area contributed by atoms with E-state index in [2.05, 4.69) is 5.10 Å². The minimum absolute atomic E-state index is 0.0628. The van der Waals surface area contributed by atoms with Gasteiger partial charge in [0.05, 0.1) is 12.1 Å². The van der Waals surface area contributed by atoms with Crippen LogP contribution in [0.1, 0.15) is 46.0 Å². The number of carbonyl (C=O) groups excluding carboxylic acids is 2. The highest BCUT2D eigenvalue weighted by molar-refractivity contribution is 5.98. The largest absolute Gasteiger partial charge is 0.416 e. The summed E-state index contributed by atoms with van der Waals surface area (Å²) in [6.45, 7) is 5.54. The van der Waals surface area contributed by atoms with Crippen LogP contribution in [0.5, 0.6) is 0 Å². The predicted molar refractivity (Wildman–Crippen MR) is 95.7 cm³/mol. The van der Waals surface area contributed by atoms with Crippen molar-refractivity contribution in [1.82, 2.24) is 19.6 Å². The Morgan fingerprint density at radius 3 is 2.54 bits per heavy atom. The van der Waals surface area contributed by atoms with E-state index in [9.17, 15) is 22.8 Å². The van der Waals surface area contributed by atoms with E-state index in [1.54, 1.807) is 11.0 Å². The lowest BCUT2D eigenvalue weighted by atomic mass is 10.1. The number of benzene rings is 1. The summed E-state index contributed by atoms with van der Waals surface area (Å²) >= 11 is 0. The molecule has 150 valence electrons. The summed E-state index contributed by atoms with van der Waals surface area (Å²) < 4.78 is 40.2. The van der Waals surface area contributed by atoms with Gasteiger partial charge in [-0.1, -0.05) is 12.1 Å². The normalized spacial score (nSPS) is 14.2. The van der Waals surface area contributed by atoms with Crippen LogP contribution >= 0.6 is 0 Å². The van der Waals surface area contributed by atoms with Crippen molar-refractivity contribution in [1.29, 1.82) is 0 Å². The van der Waals surface area contributed by atoms with Gasteiger partial charge in [0.1, 0.15) is 5.69 Å². The van der Waals surface area contributed by atoms with Crippen LogP contribution in [-0.2, 0) is 19.3 Å². The molecule has 1 aromatic carbocycles. The van der Waals surface area contributed by atoms with Gasteiger partial charge in [0.15, 0.2) is 5.69 Å². The Hall–Kier alpha value is -2.84. The van der Waals surface area contributed by atoms with Crippen molar-refractivity contribution in [3.63, 3.8) is 0 Å². The van der Waals surface area contributed by atoms with E-state index in [1.807, 2.05) is 13.8 Å². The summed E-state index contributed by atoms with van der Waals surface area (Å²) in [5.41, 5.74) is 0.129. The number of alkyl halides is 3. The summed E-state index contributed by atoms with van der Waals surface area (Å²) in [5, 5.41) is 4.24. The number of fused-ring (bicyclic) bond motifs is 1. The molecular weight excluding hydrogens is 373 g/mol. The quantitative estimate of drug-likeness (QED) is 0.783. The Morgan fingerprint density at radius 1 is 1.18 bits per heavy atom. The van der Waals surface area contributed by atoms with Gasteiger partial charge in [0, 0.05) is 32.2 Å². The van der Waals surface area contributed by atoms with Crippen LogP contribution in [0.25, 0.3) is 0 Å². The maximum atomic E-state index is 12.9. The molecule has 0 radical (unpaired) electrons. The van der Waals surface area contributed by atoms with E-state index in [-0.39, 0.29) is 29.7 Å². The summed E-state index contributed by atoms with van der Waals surface area (Å²) in [7, 11) is 0. The van der Waals surface area contributed by atoms with Gasteiger partial charge in [0.25, 0.3) is 11.8 Å². The fourth-order valence-electron chi connectivity index (χ4n) is 3.23. The third-order valence-corrected chi connectivity index (χ3v) is 4.77. The van der Waals surface area contributed by atoms with Crippen LogP contribution in [-0.4, -0.2) is 51.0 Å². The number of rotatable bonds is 5. The molecule has 2 aromatic rings. The molecule has 0 fully saturated rings. The minimum atomic E-state index is -4.43. The van der Waals surface area contributed by atoms with E-state index in [0.29, 0.717) is 31.7 Å². The molecule has 1 aliphatic heterocycles. The highest BCUT2D eigenvalue weighted by Gasteiger charge is 2.32. The molecule has 0 saturated heterocycles. The first-order valence-electron chi connectivity index (χ1n) is 9.07. The molecule has 0 saturated carbocycles. The molecule has 6 nitrogen and oxygen atoms in total. The third kappa shape index (κ3) is 3.88. The second-order valence-electron chi connectivity index (χ2n) is 6.54. The Bertz CT molecular complexity index is 888.